The molecule has 0 spiro atoms. The molecule has 0 amide bonds. The van der Waals surface area contributed by atoms with Crippen LogP contribution in [0.2, 0.25) is 0 Å². The summed E-state index contributed by atoms with van der Waals surface area (Å²) in [5.74, 6) is 1.90. The van der Waals surface area contributed by atoms with Gasteiger partial charge >= 0.3 is 0 Å². The van der Waals surface area contributed by atoms with Gasteiger partial charge in [0.25, 0.3) is 5.89 Å². The minimum atomic E-state index is -3.25. The second-order valence-electron chi connectivity index (χ2n) is 7.99. The van der Waals surface area contributed by atoms with Gasteiger partial charge < -0.3 is 13.9 Å². The Bertz CT molecular complexity index is 1180. The van der Waals surface area contributed by atoms with Gasteiger partial charge in [0.2, 0.25) is 15.8 Å². The molecule has 9 heteroatoms. The molecule has 176 valence electrons. The molecular weight excluding hydrogens is 444 g/mol. The molecule has 3 aromatic rings. The summed E-state index contributed by atoms with van der Waals surface area (Å²) in [5.41, 5.74) is 2.10. The predicted octanol–water partition coefficient (Wildman–Crippen LogP) is 4.17. The van der Waals surface area contributed by atoms with E-state index in [-0.39, 0.29) is 30.7 Å². The molecule has 0 atom stereocenters. The summed E-state index contributed by atoms with van der Waals surface area (Å²) < 4.78 is 41.4. The van der Waals surface area contributed by atoms with Crippen molar-refractivity contribution in [2.45, 2.75) is 20.3 Å². The van der Waals surface area contributed by atoms with Gasteiger partial charge in [0.1, 0.15) is 23.8 Å². The number of hydrogen-bond acceptors (Lipinski definition) is 7. The van der Waals surface area contributed by atoms with Crippen molar-refractivity contribution in [2.24, 2.45) is 5.92 Å². The third kappa shape index (κ3) is 6.90. The highest BCUT2D eigenvalue weighted by molar-refractivity contribution is 7.88. The smallest absolute Gasteiger partial charge is 0.264 e. The molecule has 0 saturated heterocycles. The van der Waals surface area contributed by atoms with E-state index in [0.29, 0.717) is 29.4 Å². The number of carbonyl (C=O) groups excluding carboxylic acids is 1. The molecule has 0 aliphatic heterocycles. The number of ether oxygens (including phenoxy) is 2. The van der Waals surface area contributed by atoms with Crippen LogP contribution >= 0.6 is 0 Å². The standard InChI is InChI=1S/C24H28N2O6S/c1-16(2)15-21(27)24-26-22(17-5-9-19(30-3)10-6-17)23(32-24)18-7-11-20(12-8-18)31-14-13-25-33(4,28)29/h5-12,16,25H,13-15H2,1-4H3. The maximum Gasteiger partial charge on any atom is 0.264 e. The van der Waals surface area contributed by atoms with Gasteiger partial charge in [-0.1, -0.05) is 13.8 Å². The van der Waals surface area contributed by atoms with Crippen LogP contribution < -0.4 is 14.2 Å². The first-order valence-corrected chi connectivity index (χ1v) is 12.4. The molecule has 33 heavy (non-hydrogen) atoms. The maximum atomic E-state index is 12.6. The maximum absolute atomic E-state index is 12.6. The lowest BCUT2D eigenvalue weighted by atomic mass is 10.1. The molecule has 1 N–H and O–H groups in total. The molecule has 2 aromatic carbocycles. The SMILES string of the molecule is COc1ccc(-c2nc(C(=O)CC(C)C)oc2-c2ccc(OCCNS(C)(=O)=O)cc2)cc1. The van der Waals surface area contributed by atoms with Crippen molar-refractivity contribution in [2.75, 3.05) is 26.5 Å². The minimum absolute atomic E-state index is 0.0803. The van der Waals surface area contributed by atoms with Crippen LogP contribution in [0.1, 0.15) is 31.0 Å². The number of sulfonamides is 1. The molecule has 3 rings (SSSR count). The van der Waals surface area contributed by atoms with E-state index in [0.717, 1.165) is 17.4 Å². The first kappa shape index (κ1) is 24.5. The van der Waals surface area contributed by atoms with Crippen LogP contribution in [0.3, 0.4) is 0 Å². The van der Waals surface area contributed by atoms with Crippen LogP contribution in [0.5, 0.6) is 11.5 Å². The summed E-state index contributed by atoms with van der Waals surface area (Å²) >= 11 is 0. The molecule has 0 bridgehead atoms. The average Bonchev–Trinajstić information content (AvgIpc) is 3.22. The second kappa shape index (κ2) is 10.6. The number of benzene rings is 2. The van der Waals surface area contributed by atoms with E-state index in [1.807, 2.05) is 50.2 Å². The summed E-state index contributed by atoms with van der Waals surface area (Å²) in [5, 5.41) is 0. The quantitative estimate of drug-likeness (QED) is 0.329. The highest BCUT2D eigenvalue weighted by atomic mass is 32.2. The number of Topliss-reactive ketones (excluding diaryl/α,β-unsaturated/α-hetero) is 1. The third-order valence-electron chi connectivity index (χ3n) is 4.67. The van der Waals surface area contributed by atoms with Crippen LogP contribution in [-0.4, -0.2) is 45.7 Å². The molecule has 1 aromatic heterocycles. The fraction of sp³-hybridized carbons (Fsp3) is 0.333. The number of nitrogens with zero attached hydrogens (tertiary/aromatic N) is 1. The van der Waals surface area contributed by atoms with Gasteiger partial charge in [-0.15, -0.1) is 0 Å². The summed E-state index contributed by atoms with van der Waals surface area (Å²) in [6.07, 6.45) is 1.44. The van der Waals surface area contributed by atoms with E-state index >= 15 is 0 Å². The Labute approximate surface area is 194 Å². The van der Waals surface area contributed by atoms with Gasteiger partial charge in [-0.3, -0.25) is 4.79 Å². The van der Waals surface area contributed by atoms with Crippen molar-refractivity contribution in [3.63, 3.8) is 0 Å². The van der Waals surface area contributed by atoms with Crippen molar-refractivity contribution in [3.8, 4) is 34.1 Å². The number of rotatable bonds is 11. The summed E-state index contributed by atoms with van der Waals surface area (Å²) in [7, 11) is -1.66. The minimum Gasteiger partial charge on any atom is -0.497 e. The van der Waals surface area contributed by atoms with Gasteiger partial charge in [-0.25, -0.2) is 18.1 Å². The van der Waals surface area contributed by atoms with Gasteiger partial charge in [-0.2, -0.15) is 0 Å². The number of nitrogens with one attached hydrogen (secondary N) is 1. The predicted molar refractivity (Wildman–Crippen MR) is 126 cm³/mol. The zero-order chi connectivity index (χ0) is 24.0. The number of methoxy groups -OCH3 is 1. The highest BCUT2D eigenvalue weighted by Crippen LogP contribution is 2.34. The van der Waals surface area contributed by atoms with E-state index in [1.165, 1.54) is 0 Å². The van der Waals surface area contributed by atoms with Crippen LogP contribution in [0.15, 0.2) is 52.9 Å². The number of hydrogen-bond donors (Lipinski definition) is 1. The number of oxazole rings is 1. The van der Waals surface area contributed by atoms with Crippen molar-refractivity contribution in [1.82, 2.24) is 9.71 Å². The lowest BCUT2D eigenvalue weighted by molar-refractivity contribution is 0.0934. The fourth-order valence-electron chi connectivity index (χ4n) is 3.14. The molecule has 1 heterocycles. The Morgan fingerprint density at radius 3 is 2.21 bits per heavy atom. The highest BCUT2D eigenvalue weighted by Gasteiger charge is 2.22. The average molecular weight is 473 g/mol. The van der Waals surface area contributed by atoms with E-state index in [9.17, 15) is 13.2 Å². The van der Waals surface area contributed by atoms with Crippen LogP contribution in [0.4, 0.5) is 0 Å². The van der Waals surface area contributed by atoms with E-state index in [2.05, 4.69) is 9.71 Å². The Balaban J connectivity index is 1.86. The zero-order valence-corrected chi connectivity index (χ0v) is 19.9. The summed E-state index contributed by atoms with van der Waals surface area (Å²) in [4.78, 5) is 17.1. The second-order valence-corrected chi connectivity index (χ2v) is 9.82. The number of carbonyl (C=O) groups is 1. The molecule has 0 unspecified atom stereocenters. The first-order valence-electron chi connectivity index (χ1n) is 10.5. The first-order chi connectivity index (χ1) is 15.7. The van der Waals surface area contributed by atoms with Gasteiger partial charge in [0, 0.05) is 24.1 Å². The monoisotopic (exact) mass is 472 g/mol. The lowest BCUT2D eigenvalue weighted by Gasteiger charge is -2.08. The zero-order valence-electron chi connectivity index (χ0n) is 19.1. The molecule has 0 fully saturated rings. The third-order valence-corrected chi connectivity index (χ3v) is 5.40. The van der Waals surface area contributed by atoms with Crippen molar-refractivity contribution in [3.05, 3.63) is 54.4 Å². The van der Waals surface area contributed by atoms with E-state index in [4.69, 9.17) is 13.9 Å². The lowest BCUT2D eigenvalue weighted by Crippen LogP contribution is -2.26. The van der Waals surface area contributed by atoms with Crippen LogP contribution in [-0.2, 0) is 10.0 Å². The molecule has 0 aliphatic rings. The van der Waals surface area contributed by atoms with Crippen molar-refractivity contribution >= 4 is 15.8 Å². The van der Waals surface area contributed by atoms with Gasteiger partial charge in [-0.05, 0) is 54.4 Å². The van der Waals surface area contributed by atoms with Gasteiger partial charge in [0.05, 0.1) is 13.4 Å². The Morgan fingerprint density at radius 1 is 1.03 bits per heavy atom. The van der Waals surface area contributed by atoms with E-state index < -0.39 is 10.0 Å². The number of aromatic nitrogens is 1. The summed E-state index contributed by atoms with van der Waals surface area (Å²) in [6, 6.07) is 14.5. The molecule has 8 nitrogen and oxygen atoms in total. The van der Waals surface area contributed by atoms with Gasteiger partial charge in [0.15, 0.2) is 5.76 Å². The van der Waals surface area contributed by atoms with Crippen LogP contribution in [0, 0.1) is 5.92 Å². The van der Waals surface area contributed by atoms with E-state index in [1.54, 1.807) is 19.2 Å². The van der Waals surface area contributed by atoms with Crippen molar-refractivity contribution in [1.29, 1.82) is 0 Å². The topological polar surface area (TPSA) is 108 Å². The molecule has 0 radical (unpaired) electrons. The molecular formula is C24H28N2O6S. The fourth-order valence-corrected chi connectivity index (χ4v) is 3.59. The van der Waals surface area contributed by atoms with Crippen molar-refractivity contribution < 1.29 is 27.1 Å². The summed E-state index contributed by atoms with van der Waals surface area (Å²) in [6.45, 7) is 4.30. The Morgan fingerprint density at radius 2 is 1.64 bits per heavy atom. The number of ketones is 1. The normalized spacial score (nSPS) is 11.5. The van der Waals surface area contributed by atoms with Crippen LogP contribution in [0.25, 0.3) is 22.6 Å². The molecule has 0 saturated carbocycles. The Hall–Kier alpha value is -3.17. The Kier molecular flexibility index (Phi) is 7.88. The molecule has 0 aliphatic carbocycles. The largest absolute Gasteiger partial charge is 0.497 e.